The van der Waals surface area contributed by atoms with E-state index in [9.17, 15) is 0 Å². The largest absolute Gasteiger partial charge is 0.303 e. The molecular weight excluding hydrogens is 338 g/mol. The van der Waals surface area contributed by atoms with Gasteiger partial charge in [0, 0.05) is 0 Å². The summed E-state index contributed by atoms with van der Waals surface area (Å²) in [5.41, 5.74) is 0. The highest BCUT2D eigenvalue weighted by Gasteiger charge is 2.05. The number of nitrogens with zero attached hydrogens (tertiary/aromatic N) is 1. The fourth-order valence-corrected chi connectivity index (χ4v) is 3.86. The van der Waals surface area contributed by atoms with Crippen molar-refractivity contribution in [2.45, 2.75) is 130 Å². The van der Waals surface area contributed by atoms with Crippen LogP contribution in [0.1, 0.15) is 130 Å². The maximum atomic E-state index is 2.78. The minimum absolute atomic E-state index is 1.27. The Balaban J connectivity index is 3.85. The van der Waals surface area contributed by atoms with E-state index in [-0.39, 0.29) is 0 Å². The highest BCUT2D eigenvalue weighted by atomic mass is 15.1. The van der Waals surface area contributed by atoms with Crippen molar-refractivity contribution < 1.29 is 0 Å². The van der Waals surface area contributed by atoms with Crippen molar-refractivity contribution in [2.24, 2.45) is 0 Å². The van der Waals surface area contributed by atoms with Crippen molar-refractivity contribution in [2.75, 3.05) is 19.6 Å². The first-order chi connectivity index (χ1) is 13.8. The van der Waals surface area contributed by atoms with E-state index in [2.05, 4.69) is 50.0 Å². The van der Waals surface area contributed by atoms with Gasteiger partial charge in [0.15, 0.2) is 0 Å². The molecule has 0 unspecified atom stereocenters. The van der Waals surface area contributed by atoms with Crippen LogP contribution in [0.4, 0.5) is 0 Å². The minimum Gasteiger partial charge on any atom is -0.303 e. The van der Waals surface area contributed by atoms with Crippen LogP contribution in [0, 0.1) is 0 Å². The van der Waals surface area contributed by atoms with Crippen LogP contribution >= 0.6 is 0 Å². The summed E-state index contributed by atoms with van der Waals surface area (Å²) in [4.78, 5) is 2.78. The molecule has 0 aliphatic rings. The van der Waals surface area contributed by atoms with E-state index in [0.29, 0.717) is 0 Å². The first-order valence-corrected chi connectivity index (χ1v) is 12.8. The molecule has 28 heavy (non-hydrogen) atoms. The van der Waals surface area contributed by atoms with E-state index in [1.54, 1.807) is 0 Å². The van der Waals surface area contributed by atoms with Gasteiger partial charge in [-0.3, -0.25) is 0 Å². The molecule has 0 aromatic rings. The molecule has 1 heteroatoms. The van der Waals surface area contributed by atoms with E-state index < -0.39 is 0 Å². The quantitative estimate of drug-likeness (QED) is 0.131. The van der Waals surface area contributed by atoms with Gasteiger partial charge < -0.3 is 4.90 Å². The molecule has 0 rings (SSSR count). The second kappa shape index (κ2) is 24.5. The fraction of sp³-hybridized carbons (Fsp3) is 0.852. The predicted molar refractivity (Wildman–Crippen MR) is 130 cm³/mol. The maximum Gasteiger partial charge on any atom is -0.00187 e. The lowest BCUT2D eigenvalue weighted by Gasteiger charge is -2.22. The molecule has 0 fully saturated rings. The molecule has 0 saturated heterocycles. The number of allylic oxidation sites excluding steroid dienone is 4. The van der Waals surface area contributed by atoms with E-state index in [1.165, 1.54) is 129 Å². The van der Waals surface area contributed by atoms with Crippen LogP contribution in [0.3, 0.4) is 0 Å². The third-order valence-corrected chi connectivity index (χ3v) is 5.74. The Kier molecular flexibility index (Phi) is 24.0. The maximum absolute atomic E-state index is 2.78. The Morgan fingerprint density at radius 2 is 0.821 bits per heavy atom. The Labute approximate surface area is 179 Å². The van der Waals surface area contributed by atoms with Gasteiger partial charge >= 0.3 is 0 Å². The van der Waals surface area contributed by atoms with E-state index in [0.717, 1.165) is 0 Å². The smallest absolute Gasteiger partial charge is 0.00187 e. The van der Waals surface area contributed by atoms with Gasteiger partial charge in [0.25, 0.3) is 0 Å². The van der Waals surface area contributed by atoms with Crippen molar-refractivity contribution in [3.63, 3.8) is 0 Å². The summed E-state index contributed by atoms with van der Waals surface area (Å²) in [6.07, 6.45) is 32.7. The molecule has 166 valence electrons. The Morgan fingerprint density at radius 1 is 0.464 bits per heavy atom. The van der Waals surface area contributed by atoms with Crippen LogP contribution in [0.5, 0.6) is 0 Å². The fourth-order valence-electron chi connectivity index (χ4n) is 3.86. The summed E-state index contributed by atoms with van der Waals surface area (Å²) in [5.74, 6) is 0. The molecule has 0 aromatic heterocycles. The zero-order valence-electron chi connectivity index (χ0n) is 19.9. The van der Waals surface area contributed by atoms with E-state index in [4.69, 9.17) is 0 Å². The van der Waals surface area contributed by atoms with Crippen molar-refractivity contribution in [1.82, 2.24) is 4.90 Å². The number of hydrogen-bond acceptors (Lipinski definition) is 1. The lowest BCUT2D eigenvalue weighted by Crippen LogP contribution is -2.27. The Morgan fingerprint density at radius 3 is 1.21 bits per heavy atom. The molecule has 0 N–H and O–H groups in total. The lowest BCUT2D eigenvalue weighted by molar-refractivity contribution is 0.254. The summed E-state index contributed by atoms with van der Waals surface area (Å²) in [5, 5.41) is 0. The van der Waals surface area contributed by atoms with Gasteiger partial charge in [-0.1, -0.05) is 95.4 Å². The van der Waals surface area contributed by atoms with Crippen molar-refractivity contribution in [3.8, 4) is 0 Å². The van der Waals surface area contributed by atoms with E-state index >= 15 is 0 Å². The first-order valence-electron chi connectivity index (χ1n) is 12.8. The molecule has 0 atom stereocenters. The lowest BCUT2D eigenvalue weighted by atomic mass is 10.1. The molecule has 0 bridgehead atoms. The molecule has 0 saturated carbocycles. The average molecular weight is 392 g/mol. The van der Waals surface area contributed by atoms with E-state index in [1.807, 2.05) is 0 Å². The van der Waals surface area contributed by atoms with Crippen LogP contribution in [-0.2, 0) is 0 Å². The molecule has 0 heterocycles. The normalized spacial score (nSPS) is 12.1. The van der Waals surface area contributed by atoms with Gasteiger partial charge in [-0.2, -0.15) is 0 Å². The number of hydrogen-bond donors (Lipinski definition) is 0. The zero-order chi connectivity index (χ0) is 20.5. The highest BCUT2D eigenvalue weighted by Crippen LogP contribution is 2.11. The third-order valence-electron chi connectivity index (χ3n) is 5.74. The molecule has 0 aromatic carbocycles. The molecule has 0 radical (unpaired) electrons. The summed E-state index contributed by atoms with van der Waals surface area (Å²) in [7, 11) is 0. The number of unbranched alkanes of at least 4 members (excludes halogenated alkanes) is 14. The third kappa shape index (κ3) is 21.7. The SMILES string of the molecule is C/C=C/CCCCCCN(CCCCCC/C=C/C)CCCCCCCCC. The van der Waals surface area contributed by atoms with Crippen molar-refractivity contribution >= 4 is 0 Å². The second-order valence-electron chi connectivity index (χ2n) is 8.51. The van der Waals surface area contributed by atoms with Crippen LogP contribution in [0.2, 0.25) is 0 Å². The van der Waals surface area contributed by atoms with Gasteiger partial charge in [-0.05, 0) is 78.4 Å². The van der Waals surface area contributed by atoms with Crippen LogP contribution in [0.15, 0.2) is 24.3 Å². The van der Waals surface area contributed by atoms with Gasteiger partial charge in [0.05, 0.1) is 0 Å². The number of rotatable bonds is 22. The standard InChI is InChI=1S/C27H53N/c1-4-7-10-13-16-19-22-25-28(26-23-20-17-14-11-8-5-2)27-24-21-18-15-12-9-6-3/h4-5,7-8H,6,9-27H2,1-3H3/b7-4+,8-5+. The second-order valence-corrected chi connectivity index (χ2v) is 8.51. The Hall–Kier alpha value is -0.560. The van der Waals surface area contributed by atoms with Gasteiger partial charge in [-0.15, -0.1) is 0 Å². The predicted octanol–water partition coefficient (Wildman–Crippen LogP) is 9.09. The molecule has 0 amide bonds. The molecule has 0 aliphatic heterocycles. The van der Waals surface area contributed by atoms with Gasteiger partial charge in [0.2, 0.25) is 0 Å². The molecular formula is C27H53N. The van der Waals surface area contributed by atoms with Crippen LogP contribution < -0.4 is 0 Å². The van der Waals surface area contributed by atoms with Gasteiger partial charge in [-0.25, -0.2) is 0 Å². The summed E-state index contributed by atoms with van der Waals surface area (Å²) in [6, 6.07) is 0. The Bertz CT molecular complexity index is 307. The minimum atomic E-state index is 1.27. The summed E-state index contributed by atoms with van der Waals surface area (Å²) in [6.45, 7) is 10.6. The topological polar surface area (TPSA) is 3.24 Å². The molecule has 0 spiro atoms. The molecule has 1 nitrogen and oxygen atoms in total. The zero-order valence-corrected chi connectivity index (χ0v) is 19.9. The molecule has 0 aliphatic carbocycles. The monoisotopic (exact) mass is 391 g/mol. The van der Waals surface area contributed by atoms with Crippen molar-refractivity contribution in [3.05, 3.63) is 24.3 Å². The average Bonchev–Trinajstić information content (AvgIpc) is 2.71. The summed E-state index contributed by atoms with van der Waals surface area (Å²) < 4.78 is 0. The van der Waals surface area contributed by atoms with Crippen LogP contribution in [-0.4, -0.2) is 24.5 Å². The van der Waals surface area contributed by atoms with Gasteiger partial charge in [0.1, 0.15) is 0 Å². The first kappa shape index (κ1) is 27.4. The summed E-state index contributed by atoms with van der Waals surface area (Å²) >= 11 is 0. The van der Waals surface area contributed by atoms with Crippen LogP contribution in [0.25, 0.3) is 0 Å². The highest BCUT2D eigenvalue weighted by molar-refractivity contribution is 4.76. The van der Waals surface area contributed by atoms with Crippen molar-refractivity contribution in [1.29, 1.82) is 0 Å².